The molecule has 1 aromatic carbocycles. The molecule has 8 nitrogen and oxygen atoms in total. The molecule has 2 atom stereocenters. The van der Waals surface area contributed by atoms with Crippen LogP contribution < -0.4 is 5.32 Å². The van der Waals surface area contributed by atoms with Crippen molar-refractivity contribution in [1.82, 2.24) is 20.1 Å². The number of benzene rings is 1. The summed E-state index contributed by atoms with van der Waals surface area (Å²) < 4.78 is 12.8. The summed E-state index contributed by atoms with van der Waals surface area (Å²) >= 11 is 0. The minimum Gasteiger partial charge on any atom is -0.462 e. The van der Waals surface area contributed by atoms with Crippen LogP contribution in [0, 0.1) is 0 Å². The molecule has 0 spiro atoms. The molecule has 5 rings (SSSR count). The fourth-order valence-corrected chi connectivity index (χ4v) is 3.98. The Kier molecular flexibility index (Phi) is 5.46. The highest BCUT2D eigenvalue weighted by Crippen LogP contribution is 2.25. The number of ether oxygens (including phenoxy) is 1. The highest BCUT2D eigenvalue weighted by Gasteiger charge is 2.26. The number of aromatic nitrogens is 3. The number of carbonyl (C=O) groups is 1. The van der Waals surface area contributed by atoms with Gasteiger partial charge in [-0.05, 0) is 23.6 Å². The fourth-order valence-electron chi connectivity index (χ4n) is 3.98. The van der Waals surface area contributed by atoms with Crippen molar-refractivity contribution in [2.45, 2.75) is 25.0 Å². The Hall–Kier alpha value is -3.49. The third-order valence-electron chi connectivity index (χ3n) is 5.74. The number of carbonyl (C=O) groups excluding carboxylic acids is 1. The Balaban J connectivity index is 1.39. The molecule has 2 N–H and O–H groups in total. The number of hydrogen-bond donors (Lipinski definition) is 2. The summed E-state index contributed by atoms with van der Waals surface area (Å²) in [6.45, 7) is 0.785. The SMILES string of the molecule is Cn1cc(-c2ccc(Cc3cc(C(=O)N[C@H]4COCC[C@@H]4O)nc4ccoc34)cc2)cn1. The number of hydrogen-bond acceptors (Lipinski definition) is 6. The van der Waals surface area contributed by atoms with Gasteiger partial charge >= 0.3 is 0 Å². The van der Waals surface area contributed by atoms with Crippen LogP contribution in [0.4, 0.5) is 0 Å². The molecular formula is C24H24N4O4. The van der Waals surface area contributed by atoms with Crippen molar-refractivity contribution in [1.29, 1.82) is 0 Å². The first kappa shape index (κ1) is 20.4. The number of amides is 1. The molecule has 1 fully saturated rings. The van der Waals surface area contributed by atoms with Crippen molar-refractivity contribution in [3.8, 4) is 11.1 Å². The van der Waals surface area contributed by atoms with E-state index in [9.17, 15) is 9.90 Å². The maximum atomic E-state index is 12.9. The maximum absolute atomic E-state index is 12.9. The van der Waals surface area contributed by atoms with Crippen LogP contribution in [0.25, 0.3) is 22.2 Å². The lowest BCUT2D eigenvalue weighted by atomic mass is 10.0. The van der Waals surface area contributed by atoms with Gasteiger partial charge in [0.05, 0.1) is 31.2 Å². The molecule has 164 valence electrons. The quantitative estimate of drug-likeness (QED) is 0.503. The number of pyridine rings is 1. The van der Waals surface area contributed by atoms with Gasteiger partial charge in [0, 0.05) is 43.5 Å². The monoisotopic (exact) mass is 432 g/mol. The highest BCUT2D eigenvalue weighted by molar-refractivity contribution is 5.95. The second kappa shape index (κ2) is 8.57. The van der Waals surface area contributed by atoms with E-state index < -0.39 is 12.1 Å². The summed E-state index contributed by atoms with van der Waals surface area (Å²) in [7, 11) is 1.89. The van der Waals surface area contributed by atoms with Gasteiger partial charge in [0.25, 0.3) is 5.91 Å². The second-order valence-electron chi connectivity index (χ2n) is 8.09. The van der Waals surface area contributed by atoms with Gasteiger partial charge in [0.15, 0.2) is 5.58 Å². The lowest BCUT2D eigenvalue weighted by molar-refractivity contribution is -0.0140. The van der Waals surface area contributed by atoms with Crippen LogP contribution in [0.1, 0.15) is 28.0 Å². The zero-order chi connectivity index (χ0) is 22.1. The average molecular weight is 432 g/mol. The molecule has 3 aromatic heterocycles. The number of furan rings is 1. The summed E-state index contributed by atoms with van der Waals surface area (Å²) in [5.41, 5.74) is 5.69. The first-order valence-electron chi connectivity index (χ1n) is 10.6. The Bertz CT molecular complexity index is 1240. The van der Waals surface area contributed by atoms with Crippen molar-refractivity contribution in [3.63, 3.8) is 0 Å². The van der Waals surface area contributed by atoms with E-state index in [1.807, 2.05) is 19.4 Å². The van der Waals surface area contributed by atoms with Crippen LogP contribution in [0.5, 0.6) is 0 Å². The summed E-state index contributed by atoms with van der Waals surface area (Å²) in [4.78, 5) is 17.3. The summed E-state index contributed by atoms with van der Waals surface area (Å²) in [5.74, 6) is -0.337. The van der Waals surface area contributed by atoms with E-state index in [1.54, 1.807) is 23.1 Å². The number of nitrogens with one attached hydrogen (secondary N) is 1. The number of aliphatic hydroxyl groups excluding tert-OH is 1. The number of fused-ring (bicyclic) bond motifs is 1. The average Bonchev–Trinajstić information content (AvgIpc) is 3.45. The fraction of sp³-hybridized carbons (Fsp3) is 0.292. The van der Waals surface area contributed by atoms with Crippen molar-refractivity contribution < 1.29 is 19.1 Å². The lowest BCUT2D eigenvalue weighted by Crippen LogP contribution is -2.49. The summed E-state index contributed by atoms with van der Waals surface area (Å²) in [6, 6.07) is 11.3. The van der Waals surface area contributed by atoms with Crippen molar-refractivity contribution in [2.24, 2.45) is 7.05 Å². The van der Waals surface area contributed by atoms with E-state index in [-0.39, 0.29) is 12.5 Å². The van der Waals surface area contributed by atoms with Crippen molar-refractivity contribution in [2.75, 3.05) is 13.2 Å². The maximum Gasteiger partial charge on any atom is 0.270 e. The van der Waals surface area contributed by atoms with Gasteiger partial charge in [-0.3, -0.25) is 9.48 Å². The minimum atomic E-state index is -0.622. The van der Waals surface area contributed by atoms with E-state index in [1.165, 1.54) is 0 Å². The molecule has 1 saturated heterocycles. The third kappa shape index (κ3) is 4.15. The molecule has 4 heterocycles. The molecule has 4 aromatic rings. The van der Waals surface area contributed by atoms with Crippen molar-refractivity contribution >= 4 is 17.0 Å². The third-order valence-corrected chi connectivity index (χ3v) is 5.74. The Labute approximate surface area is 184 Å². The first-order valence-corrected chi connectivity index (χ1v) is 10.6. The summed E-state index contributed by atoms with van der Waals surface area (Å²) in [5, 5.41) is 17.2. The van der Waals surface area contributed by atoms with Gasteiger partial charge in [-0.15, -0.1) is 0 Å². The van der Waals surface area contributed by atoms with Gasteiger partial charge in [0.1, 0.15) is 11.2 Å². The first-order chi connectivity index (χ1) is 15.6. The lowest BCUT2D eigenvalue weighted by Gasteiger charge is -2.28. The van der Waals surface area contributed by atoms with Gasteiger partial charge in [0.2, 0.25) is 0 Å². The highest BCUT2D eigenvalue weighted by atomic mass is 16.5. The molecule has 0 radical (unpaired) electrons. The van der Waals surface area contributed by atoms with Crippen molar-refractivity contribution in [3.05, 3.63) is 71.9 Å². The van der Waals surface area contributed by atoms with Crippen LogP contribution in [-0.4, -0.2) is 51.1 Å². The van der Waals surface area contributed by atoms with E-state index in [2.05, 4.69) is 39.7 Å². The molecule has 1 aliphatic heterocycles. The molecule has 0 bridgehead atoms. The van der Waals surface area contributed by atoms with Gasteiger partial charge in [-0.1, -0.05) is 24.3 Å². The predicted octanol–water partition coefficient (Wildman–Crippen LogP) is 2.70. The largest absolute Gasteiger partial charge is 0.462 e. The standard InChI is InChI=1S/C24H24N4O4/c1-28-13-18(12-25-28)16-4-2-15(3-5-16)10-17-11-20(26-19-6-9-32-23(17)19)24(30)27-21-14-31-8-7-22(21)29/h2-6,9,11-13,21-22,29H,7-8,10,14H2,1H3,(H,27,30)/t21-,22-/m0/s1. The summed E-state index contributed by atoms with van der Waals surface area (Å²) in [6.07, 6.45) is 5.86. The Morgan fingerprint density at radius 2 is 2.09 bits per heavy atom. The van der Waals surface area contributed by atoms with E-state index in [0.29, 0.717) is 36.2 Å². The Morgan fingerprint density at radius 1 is 1.25 bits per heavy atom. The molecule has 1 amide bonds. The smallest absolute Gasteiger partial charge is 0.270 e. The molecule has 0 unspecified atom stereocenters. The number of aryl methyl sites for hydroxylation is 1. The van der Waals surface area contributed by atoms with Gasteiger partial charge in [-0.25, -0.2) is 4.98 Å². The predicted molar refractivity (Wildman–Crippen MR) is 118 cm³/mol. The van der Waals surface area contributed by atoms with Crippen LogP contribution >= 0.6 is 0 Å². The van der Waals surface area contributed by atoms with Gasteiger partial charge in [-0.2, -0.15) is 5.10 Å². The normalized spacial score (nSPS) is 18.7. The molecule has 32 heavy (non-hydrogen) atoms. The Morgan fingerprint density at radius 3 is 2.84 bits per heavy atom. The number of aliphatic hydroxyl groups is 1. The van der Waals surface area contributed by atoms with Crippen LogP contribution in [0.2, 0.25) is 0 Å². The molecule has 8 heteroatoms. The molecule has 0 aliphatic carbocycles. The van der Waals surface area contributed by atoms with Crippen LogP contribution in [0.3, 0.4) is 0 Å². The van der Waals surface area contributed by atoms with Gasteiger partial charge < -0.3 is 19.6 Å². The molecular weight excluding hydrogens is 408 g/mol. The molecule has 1 aliphatic rings. The molecule has 0 saturated carbocycles. The van der Waals surface area contributed by atoms with Crippen LogP contribution in [-0.2, 0) is 18.2 Å². The number of nitrogens with zero attached hydrogens (tertiary/aromatic N) is 3. The minimum absolute atomic E-state index is 0.289. The zero-order valence-corrected chi connectivity index (χ0v) is 17.7. The van der Waals surface area contributed by atoms with Crippen LogP contribution in [0.15, 0.2) is 59.5 Å². The zero-order valence-electron chi connectivity index (χ0n) is 17.7. The topological polar surface area (TPSA) is 102 Å². The number of rotatable bonds is 5. The van der Waals surface area contributed by atoms with E-state index >= 15 is 0 Å². The van der Waals surface area contributed by atoms with E-state index in [0.717, 1.165) is 22.3 Å². The second-order valence-corrected chi connectivity index (χ2v) is 8.09. The van der Waals surface area contributed by atoms with E-state index in [4.69, 9.17) is 9.15 Å².